The number of carbonyl (C=O) groups excluding carboxylic acids is 1. The summed E-state index contributed by atoms with van der Waals surface area (Å²) in [5.41, 5.74) is 0.455. The van der Waals surface area contributed by atoms with E-state index in [2.05, 4.69) is 4.98 Å². The molecule has 0 spiro atoms. The number of hydrogen-bond donors (Lipinski definition) is 2. The van der Waals surface area contributed by atoms with Gasteiger partial charge in [0, 0.05) is 0 Å². The van der Waals surface area contributed by atoms with Crippen LogP contribution in [-0.2, 0) is 4.74 Å². The van der Waals surface area contributed by atoms with Crippen molar-refractivity contribution in [1.82, 2.24) is 4.98 Å². The molecule has 1 aromatic heterocycles. The molecule has 7 heteroatoms. The van der Waals surface area contributed by atoms with Gasteiger partial charge in [0.15, 0.2) is 0 Å². The van der Waals surface area contributed by atoms with Gasteiger partial charge in [-0.1, -0.05) is 0 Å². The molecule has 76 valence electrons. The molecule has 0 amide bonds. The predicted molar refractivity (Wildman–Crippen MR) is 52.6 cm³/mol. The molecule has 0 bridgehead atoms. The lowest BCUT2D eigenvalue weighted by Gasteiger charge is -1.97. The second-order valence-corrected chi connectivity index (χ2v) is 3.59. The summed E-state index contributed by atoms with van der Waals surface area (Å²) in [6.45, 7) is 3.61. The van der Waals surface area contributed by atoms with Gasteiger partial charge >= 0.3 is 13.1 Å². The maximum absolute atomic E-state index is 11.3. The summed E-state index contributed by atoms with van der Waals surface area (Å²) in [5.74, 6) is -0.477. The van der Waals surface area contributed by atoms with Crippen molar-refractivity contribution < 1.29 is 19.6 Å². The van der Waals surface area contributed by atoms with E-state index in [1.54, 1.807) is 13.8 Å². The van der Waals surface area contributed by atoms with Crippen LogP contribution in [-0.4, -0.2) is 34.7 Å². The Hall–Kier alpha value is -0.915. The highest BCUT2D eigenvalue weighted by Gasteiger charge is 2.22. The van der Waals surface area contributed by atoms with E-state index in [0.717, 1.165) is 11.3 Å². The predicted octanol–water partition coefficient (Wildman–Crippen LogP) is -0.692. The molecule has 5 nitrogen and oxygen atoms in total. The fraction of sp³-hybridized carbons (Fsp3) is 0.429. The Bertz CT molecular complexity index is 338. The number of carbonyl (C=O) groups is 1. The summed E-state index contributed by atoms with van der Waals surface area (Å²) in [6.07, 6.45) is 0. The standard InChI is InChI=1S/C7H10BNO4S/c1-3-13-6(10)5-4(2)9-7(14-5)8(11)12/h11-12H,3H2,1-2H3. The van der Waals surface area contributed by atoms with Crippen LogP contribution in [0.15, 0.2) is 0 Å². The molecular weight excluding hydrogens is 205 g/mol. The van der Waals surface area contributed by atoms with E-state index in [0.29, 0.717) is 10.6 Å². The molecule has 1 rings (SSSR count). The maximum Gasteiger partial charge on any atom is 0.519 e. The van der Waals surface area contributed by atoms with Gasteiger partial charge < -0.3 is 14.8 Å². The SMILES string of the molecule is CCOC(=O)c1sc(B(O)O)nc1C. The zero-order valence-electron chi connectivity index (χ0n) is 7.85. The Kier molecular flexibility index (Phi) is 3.62. The second kappa shape index (κ2) is 4.54. The van der Waals surface area contributed by atoms with Gasteiger partial charge in [-0.3, -0.25) is 0 Å². The highest BCUT2D eigenvalue weighted by atomic mass is 32.1. The van der Waals surface area contributed by atoms with Crippen LogP contribution >= 0.6 is 11.3 Å². The van der Waals surface area contributed by atoms with E-state index in [4.69, 9.17) is 14.8 Å². The summed E-state index contributed by atoms with van der Waals surface area (Å²) in [4.78, 5) is 15.5. The van der Waals surface area contributed by atoms with E-state index in [9.17, 15) is 4.79 Å². The minimum absolute atomic E-state index is 0.102. The average molecular weight is 215 g/mol. The van der Waals surface area contributed by atoms with Gasteiger partial charge in [-0.05, 0) is 13.8 Å². The fourth-order valence-electron chi connectivity index (χ4n) is 0.914. The highest BCUT2D eigenvalue weighted by Crippen LogP contribution is 2.12. The van der Waals surface area contributed by atoms with Crippen LogP contribution in [0.4, 0.5) is 0 Å². The molecule has 0 aromatic carbocycles. The summed E-state index contributed by atoms with van der Waals surface area (Å²) in [5, 5.41) is 17.6. The number of thiazole rings is 1. The first-order valence-electron chi connectivity index (χ1n) is 4.06. The van der Waals surface area contributed by atoms with Gasteiger partial charge in [-0.2, -0.15) is 0 Å². The van der Waals surface area contributed by atoms with Crippen molar-refractivity contribution in [3.05, 3.63) is 10.6 Å². The summed E-state index contributed by atoms with van der Waals surface area (Å²) in [7, 11) is -1.64. The topological polar surface area (TPSA) is 79.7 Å². The molecule has 0 saturated heterocycles. The van der Waals surface area contributed by atoms with Crippen molar-refractivity contribution in [3.63, 3.8) is 0 Å². The Morgan fingerprint density at radius 2 is 2.29 bits per heavy atom. The minimum Gasteiger partial charge on any atom is -0.462 e. The molecule has 0 aliphatic heterocycles. The number of hydrogen-bond acceptors (Lipinski definition) is 6. The third-order valence-electron chi connectivity index (χ3n) is 1.49. The van der Waals surface area contributed by atoms with Gasteiger partial charge in [-0.15, -0.1) is 11.3 Å². The Balaban J connectivity index is 2.92. The first-order chi connectivity index (χ1) is 6.56. The zero-order chi connectivity index (χ0) is 10.7. The van der Waals surface area contributed by atoms with Crippen molar-refractivity contribution in [3.8, 4) is 0 Å². The van der Waals surface area contributed by atoms with Crippen molar-refractivity contribution >= 4 is 29.3 Å². The third kappa shape index (κ3) is 2.31. The number of esters is 1. The molecule has 1 aromatic rings. The van der Waals surface area contributed by atoms with E-state index in [1.165, 1.54) is 0 Å². The molecule has 2 N–H and O–H groups in total. The van der Waals surface area contributed by atoms with E-state index < -0.39 is 13.1 Å². The van der Waals surface area contributed by atoms with Crippen LogP contribution < -0.4 is 4.91 Å². The minimum atomic E-state index is -1.64. The summed E-state index contributed by atoms with van der Waals surface area (Å²) in [6, 6.07) is 0. The zero-order valence-corrected chi connectivity index (χ0v) is 8.67. The monoisotopic (exact) mass is 215 g/mol. The van der Waals surface area contributed by atoms with E-state index in [1.807, 2.05) is 0 Å². The molecule has 1 heterocycles. The molecule has 0 aliphatic carbocycles. The van der Waals surface area contributed by atoms with Gasteiger partial charge in [0.1, 0.15) is 9.78 Å². The lowest BCUT2D eigenvalue weighted by atomic mass is 9.94. The van der Waals surface area contributed by atoms with Gasteiger partial charge in [0.05, 0.1) is 12.3 Å². The Morgan fingerprint density at radius 1 is 1.64 bits per heavy atom. The fourth-order valence-corrected chi connectivity index (χ4v) is 1.75. The number of aromatic nitrogens is 1. The second-order valence-electron chi connectivity index (χ2n) is 2.56. The molecule has 0 aliphatic rings. The molecule has 0 radical (unpaired) electrons. The van der Waals surface area contributed by atoms with Crippen LogP contribution in [0.3, 0.4) is 0 Å². The first-order valence-corrected chi connectivity index (χ1v) is 4.88. The number of rotatable bonds is 3. The number of ether oxygens (including phenoxy) is 1. The molecular formula is C7H10BNO4S. The van der Waals surface area contributed by atoms with Crippen molar-refractivity contribution in [1.29, 1.82) is 0 Å². The summed E-state index contributed by atoms with van der Waals surface area (Å²) < 4.78 is 4.77. The van der Waals surface area contributed by atoms with Crippen LogP contribution in [0.25, 0.3) is 0 Å². The normalized spacial score (nSPS) is 10.0. The lowest BCUT2D eigenvalue weighted by molar-refractivity contribution is 0.0531. The third-order valence-corrected chi connectivity index (χ3v) is 2.67. The number of nitrogens with zero attached hydrogens (tertiary/aromatic N) is 1. The lowest BCUT2D eigenvalue weighted by Crippen LogP contribution is -2.29. The van der Waals surface area contributed by atoms with Crippen LogP contribution in [0.2, 0.25) is 0 Å². The quantitative estimate of drug-likeness (QED) is 0.515. The van der Waals surface area contributed by atoms with Crippen molar-refractivity contribution in [2.45, 2.75) is 13.8 Å². The largest absolute Gasteiger partial charge is 0.519 e. The van der Waals surface area contributed by atoms with Gasteiger partial charge in [0.25, 0.3) is 0 Å². The molecule has 14 heavy (non-hydrogen) atoms. The Morgan fingerprint density at radius 3 is 2.71 bits per heavy atom. The van der Waals surface area contributed by atoms with Gasteiger partial charge in [0.2, 0.25) is 0 Å². The van der Waals surface area contributed by atoms with Crippen molar-refractivity contribution in [2.75, 3.05) is 6.61 Å². The first kappa shape index (κ1) is 11.2. The molecule has 0 saturated carbocycles. The Labute approximate surface area is 85.5 Å². The smallest absolute Gasteiger partial charge is 0.462 e. The van der Waals surface area contributed by atoms with Gasteiger partial charge in [-0.25, -0.2) is 9.78 Å². The van der Waals surface area contributed by atoms with Crippen molar-refractivity contribution in [2.24, 2.45) is 0 Å². The summed E-state index contributed by atoms with van der Waals surface area (Å²) >= 11 is 0.930. The number of aryl methyl sites for hydroxylation is 1. The van der Waals surface area contributed by atoms with Crippen LogP contribution in [0.1, 0.15) is 22.3 Å². The average Bonchev–Trinajstić information content (AvgIpc) is 2.48. The van der Waals surface area contributed by atoms with E-state index in [-0.39, 0.29) is 11.5 Å². The molecule has 0 fully saturated rings. The van der Waals surface area contributed by atoms with Crippen LogP contribution in [0.5, 0.6) is 0 Å². The van der Waals surface area contributed by atoms with Crippen LogP contribution in [0, 0.1) is 6.92 Å². The molecule has 0 atom stereocenters. The van der Waals surface area contributed by atoms with E-state index >= 15 is 0 Å². The molecule has 0 unspecified atom stereocenters. The maximum atomic E-state index is 11.3. The highest BCUT2D eigenvalue weighted by molar-refractivity contribution is 7.23.